The molecule has 136 valence electrons. The van der Waals surface area contributed by atoms with Crippen molar-refractivity contribution >= 4 is 37.5 Å². The molecule has 4 heteroatoms. The minimum atomic E-state index is 0.630. The molecule has 3 aromatic rings. The zero-order chi connectivity index (χ0) is 17.9. The van der Waals surface area contributed by atoms with Crippen LogP contribution < -0.4 is 4.74 Å². The monoisotopic (exact) mass is 429 g/mol. The molecule has 0 radical (unpaired) electrons. The number of hydrogen-bond acceptors (Lipinski definition) is 3. The second-order valence-corrected chi connectivity index (χ2v) is 9.17. The summed E-state index contributed by atoms with van der Waals surface area (Å²) >= 11 is 5.43. The van der Waals surface area contributed by atoms with E-state index in [9.17, 15) is 0 Å². The van der Waals surface area contributed by atoms with E-state index in [-0.39, 0.29) is 0 Å². The number of hydrogen-bond donors (Lipinski definition) is 0. The van der Waals surface area contributed by atoms with Gasteiger partial charge in [-0.15, -0.1) is 11.3 Å². The highest BCUT2D eigenvalue weighted by Gasteiger charge is 2.25. The normalized spacial score (nSPS) is 20.4. The number of ether oxygens (including phenoxy) is 1. The molecule has 0 bridgehead atoms. The molecule has 1 heterocycles. The maximum Gasteiger partial charge on any atom is 0.135 e. The predicted molar refractivity (Wildman–Crippen MR) is 113 cm³/mol. The minimum Gasteiger partial charge on any atom is -0.495 e. The van der Waals surface area contributed by atoms with Gasteiger partial charge in [0.05, 0.1) is 26.8 Å². The van der Waals surface area contributed by atoms with E-state index >= 15 is 0 Å². The Morgan fingerprint density at radius 1 is 1.12 bits per heavy atom. The molecule has 2 nitrogen and oxygen atoms in total. The number of methoxy groups -OCH3 is 1. The Hall–Kier alpha value is -1.39. The fourth-order valence-corrected chi connectivity index (χ4v) is 5.81. The first-order valence-electron chi connectivity index (χ1n) is 9.41. The highest BCUT2D eigenvalue weighted by molar-refractivity contribution is 9.10. The molecular formula is C22H24BrNOS. The summed E-state index contributed by atoms with van der Waals surface area (Å²) in [7, 11) is 1.70. The standard InChI is InChI=1S/C22H24BrNOS/c1-25-20-14-19-21(13-18(20)23)26-22(24-19)17-11-9-16(10-12-17)8-7-15-5-3-2-4-6-15/h2-6,13-14,16-17H,7-12H2,1H3. The van der Waals surface area contributed by atoms with Gasteiger partial charge in [-0.1, -0.05) is 30.3 Å². The van der Waals surface area contributed by atoms with Crippen LogP contribution in [-0.4, -0.2) is 12.1 Å². The topological polar surface area (TPSA) is 22.1 Å². The number of halogens is 1. The largest absolute Gasteiger partial charge is 0.495 e. The summed E-state index contributed by atoms with van der Waals surface area (Å²) in [6.45, 7) is 0. The van der Waals surface area contributed by atoms with E-state index in [0.29, 0.717) is 5.92 Å². The van der Waals surface area contributed by atoms with Crippen LogP contribution in [0.4, 0.5) is 0 Å². The third-order valence-electron chi connectivity index (χ3n) is 5.56. The smallest absolute Gasteiger partial charge is 0.135 e. The van der Waals surface area contributed by atoms with Crippen LogP contribution in [-0.2, 0) is 6.42 Å². The van der Waals surface area contributed by atoms with Crippen LogP contribution in [0.5, 0.6) is 5.75 Å². The molecule has 0 saturated heterocycles. The maximum absolute atomic E-state index is 5.40. The Morgan fingerprint density at radius 3 is 2.62 bits per heavy atom. The summed E-state index contributed by atoms with van der Waals surface area (Å²) in [4.78, 5) is 4.92. The van der Waals surface area contributed by atoms with Crippen molar-refractivity contribution < 1.29 is 4.74 Å². The molecule has 0 aliphatic heterocycles. The van der Waals surface area contributed by atoms with Gasteiger partial charge in [-0.05, 0) is 72.0 Å². The molecule has 1 saturated carbocycles. The van der Waals surface area contributed by atoms with Gasteiger partial charge >= 0.3 is 0 Å². The Kier molecular flexibility index (Phi) is 5.60. The van der Waals surface area contributed by atoms with Crippen molar-refractivity contribution in [3.05, 3.63) is 57.5 Å². The summed E-state index contributed by atoms with van der Waals surface area (Å²) in [6.07, 6.45) is 7.75. The van der Waals surface area contributed by atoms with E-state index in [1.165, 1.54) is 53.8 Å². The van der Waals surface area contributed by atoms with Crippen LogP contribution in [0.15, 0.2) is 46.9 Å². The van der Waals surface area contributed by atoms with Crippen molar-refractivity contribution in [2.75, 3.05) is 7.11 Å². The van der Waals surface area contributed by atoms with Gasteiger partial charge in [0, 0.05) is 12.0 Å². The molecule has 2 aromatic carbocycles. The van der Waals surface area contributed by atoms with Gasteiger partial charge in [0.25, 0.3) is 0 Å². The van der Waals surface area contributed by atoms with Crippen molar-refractivity contribution in [2.24, 2.45) is 5.92 Å². The molecule has 26 heavy (non-hydrogen) atoms. The number of fused-ring (bicyclic) bond motifs is 1. The highest BCUT2D eigenvalue weighted by Crippen LogP contribution is 2.41. The first-order chi connectivity index (χ1) is 12.7. The van der Waals surface area contributed by atoms with Crippen LogP contribution in [0.25, 0.3) is 10.2 Å². The number of benzene rings is 2. The van der Waals surface area contributed by atoms with Crippen molar-refractivity contribution in [3.8, 4) is 5.75 Å². The second kappa shape index (κ2) is 8.10. The number of aryl methyl sites for hydroxylation is 1. The molecule has 1 aromatic heterocycles. The van der Waals surface area contributed by atoms with E-state index in [1.54, 1.807) is 7.11 Å². The molecule has 0 atom stereocenters. The molecule has 0 unspecified atom stereocenters. The van der Waals surface area contributed by atoms with Crippen LogP contribution in [0.3, 0.4) is 0 Å². The molecule has 0 spiro atoms. The minimum absolute atomic E-state index is 0.630. The van der Waals surface area contributed by atoms with Crippen molar-refractivity contribution in [1.82, 2.24) is 4.98 Å². The number of aromatic nitrogens is 1. The third-order valence-corrected chi connectivity index (χ3v) is 7.36. The van der Waals surface area contributed by atoms with Crippen LogP contribution in [0.2, 0.25) is 0 Å². The summed E-state index contributed by atoms with van der Waals surface area (Å²) in [5, 5.41) is 1.31. The zero-order valence-electron chi connectivity index (χ0n) is 15.1. The van der Waals surface area contributed by atoms with Gasteiger partial charge in [0.1, 0.15) is 5.75 Å². The third kappa shape index (κ3) is 3.96. The molecule has 1 aliphatic rings. The van der Waals surface area contributed by atoms with Gasteiger partial charge in [-0.3, -0.25) is 0 Å². The van der Waals surface area contributed by atoms with Crippen molar-refractivity contribution in [3.63, 3.8) is 0 Å². The lowest BCUT2D eigenvalue weighted by Crippen LogP contribution is -2.14. The average Bonchev–Trinajstić information content (AvgIpc) is 3.09. The quantitative estimate of drug-likeness (QED) is 0.436. The lowest BCUT2D eigenvalue weighted by Gasteiger charge is -2.27. The van der Waals surface area contributed by atoms with E-state index < -0.39 is 0 Å². The van der Waals surface area contributed by atoms with Crippen molar-refractivity contribution in [2.45, 2.75) is 44.4 Å². The number of rotatable bonds is 5. The Bertz CT molecular complexity index is 868. The van der Waals surface area contributed by atoms with Gasteiger partial charge in [0.15, 0.2) is 0 Å². The Balaban J connectivity index is 1.37. The molecule has 0 amide bonds. The first kappa shape index (κ1) is 18.0. The van der Waals surface area contributed by atoms with Crippen LogP contribution in [0, 0.1) is 5.92 Å². The van der Waals surface area contributed by atoms with E-state index in [4.69, 9.17) is 9.72 Å². The van der Waals surface area contributed by atoms with E-state index in [2.05, 4.69) is 52.3 Å². The molecule has 1 aliphatic carbocycles. The lowest BCUT2D eigenvalue weighted by atomic mass is 9.80. The molecular weight excluding hydrogens is 406 g/mol. The highest BCUT2D eigenvalue weighted by atomic mass is 79.9. The Morgan fingerprint density at radius 2 is 1.88 bits per heavy atom. The number of nitrogens with zero attached hydrogens (tertiary/aromatic N) is 1. The fraction of sp³-hybridized carbons (Fsp3) is 0.409. The van der Waals surface area contributed by atoms with Crippen LogP contribution in [0.1, 0.15) is 48.6 Å². The van der Waals surface area contributed by atoms with Crippen molar-refractivity contribution in [1.29, 1.82) is 0 Å². The van der Waals surface area contributed by atoms with Gasteiger partial charge in [-0.25, -0.2) is 4.98 Å². The lowest BCUT2D eigenvalue weighted by molar-refractivity contribution is 0.310. The summed E-state index contributed by atoms with van der Waals surface area (Å²) in [5.41, 5.74) is 2.54. The SMILES string of the molecule is COc1cc2nc(C3CCC(CCc4ccccc4)CC3)sc2cc1Br. The fourth-order valence-electron chi connectivity index (χ4n) is 3.99. The maximum atomic E-state index is 5.40. The molecule has 0 N–H and O–H groups in total. The summed E-state index contributed by atoms with van der Waals surface area (Å²) in [5.74, 6) is 2.36. The number of thiazole rings is 1. The van der Waals surface area contributed by atoms with Gasteiger partial charge in [-0.2, -0.15) is 0 Å². The first-order valence-corrected chi connectivity index (χ1v) is 11.0. The van der Waals surface area contributed by atoms with Gasteiger partial charge in [0.2, 0.25) is 0 Å². The zero-order valence-corrected chi connectivity index (χ0v) is 17.5. The van der Waals surface area contributed by atoms with E-state index in [1.807, 2.05) is 17.4 Å². The summed E-state index contributed by atoms with van der Waals surface area (Å²) in [6, 6.07) is 15.1. The molecule has 4 rings (SSSR count). The Labute approximate surface area is 167 Å². The molecule has 1 fully saturated rings. The summed E-state index contributed by atoms with van der Waals surface area (Å²) < 4.78 is 7.66. The van der Waals surface area contributed by atoms with Gasteiger partial charge < -0.3 is 4.74 Å². The average molecular weight is 430 g/mol. The van der Waals surface area contributed by atoms with Crippen LogP contribution >= 0.6 is 27.3 Å². The predicted octanol–water partition coefficient (Wildman–Crippen LogP) is 6.97. The van der Waals surface area contributed by atoms with E-state index in [0.717, 1.165) is 21.7 Å². The second-order valence-electron chi connectivity index (χ2n) is 7.25.